The zero-order valence-electron chi connectivity index (χ0n) is 17.4. The molecule has 0 aromatic heterocycles. The lowest BCUT2D eigenvalue weighted by Gasteiger charge is -2.24. The van der Waals surface area contributed by atoms with Crippen molar-refractivity contribution < 1.29 is 44.1 Å². The Morgan fingerprint density at radius 2 is 1.19 bits per heavy atom. The molecule has 0 aliphatic heterocycles. The summed E-state index contributed by atoms with van der Waals surface area (Å²) in [5, 5.41) is 34.4. The molecule has 0 radical (unpaired) electrons. The van der Waals surface area contributed by atoms with Gasteiger partial charge in [0.15, 0.2) is 0 Å². The molecule has 5 atom stereocenters. The molecule has 5 amide bonds. The lowest BCUT2D eigenvalue weighted by Crippen LogP contribution is -2.59. The molecule has 0 aromatic carbocycles. The van der Waals surface area contributed by atoms with E-state index in [1.165, 1.54) is 6.92 Å². The summed E-state index contributed by atoms with van der Waals surface area (Å²) in [6.45, 7) is 0.301. The van der Waals surface area contributed by atoms with Gasteiger partial charge < -0.3 is 48.5 Å². The fourth-order valence-electron chi connectivity index (χ4n) is 2.33. The van der Waals surface area contributed by atoms with Gasteiger partial charge in [0.05, 0.1) is 12.7 Å². The van der Waals surface area contributed by atoms with Crippen LogP contribution in [0.2, 0.25) is 0 Å². The number of aliphatic hydroxyl groups is 2. The first kappa shape index (κ1) is 28.7. The Bertz CT molecular complexity index is 715. The molecule has 0 saturated carbocycles. The highest BCUT2D eigenvalue weighted by Gasteiger charge is 2.31. The van der Waals surface area contributed by atoms with Gasteiger partial charge in [-0.1, -0.05) is 0 Å². The lowest BCUT2D eigenvalue weighted by atomic mass is 10.1. The van der Waals surface area contributed by atoms with Crippen LogP contribution in [0.25, 0.3) is 0 Å². The minimum atomic E-state index is -1.63. The zero-order chi connectivity index (χ0) is 25.0. The molecule has 0 aliphatic rings. The molecule has 0 aromatic rings. The molecular formula is C17H30N6O9. The summed E-state index contributed by atoms with van der Waals surface area (Å²) in [7, 11) is 0. The molecule has 15 nitrogen and oxygen atoms in total. The van der Waals surface area contributed by atoms with Gasteiger partial charge in [-0.15, -0.1) is 0 Å². The fourth-order valence-corrected chi connectivity index (χ4v) is 2.33. The summed E-state index contributed by atoms with van der Waals surface area (Å²) in [5.74, 6) is -6.06. The summed E-state index contributed by atoms with van der Waals surface area (Å²) in [4.78, 5) is 70.0. The van der Waals surface area contributed by atoms with Crippen molar-refractivity contribution in [2.24, 2.45) is 17.2 Å². The maximum atomic E-state index is 12.5. The maximum absolute atomic E-state index is 12.5. The van der Waals surface area contributed by atoms with E-state index < -0.39 is 72.4 Å². The minimum absolute atomic E-state index is 0.282. The van der Waals surface area contributed by atoms with Gasteiger partial charge in [-0.2, -0.15) is 0 Å². The number of rotatable bonds is 15. The third-order valence-electron chi connectivity index (χ3n) is 4.24. The van der Waals surface area contributed by atoms with E-state index in [0.717, 1.165) is 0 Å². The fraction of sp³-hybridized carbons (Fsp3) is 0.647. The third kappa shape index (κ3) is 10.6. The monoisotopic (exact) mass is 462 g/mol. The van der Waals surface area contributed by atoms with Crippen LogP contribution in [-0.4, -0.2) is 87.7 Å². The number of carboxylic acids is 1. The topological polar surface area (TPSA) is 277 Å². The number of nitrogens with two attached hydrogens (primary N) is 3. The van der Waals surface area contributed by atoms with Crippen molar-refractivity contribution in [2.75, 3.05) is 6.61 Å². The number of aliphatic carboxylic acids is 1. The summed E-state index contributed by atoms with van der Waals surface area (Å²) < 4.78 is 0. The van der Waals surface area contributed by atoms with Crippen molar-refractivity contribution in [1.82, 2.24) is 16.0 Å². The van der Waals surface area contributed by atoms with Crippen LogP contribution in [0.5, 0.6) is 0 Å². The van der Waals surface area contributed by atoms with Gasteiger partial charge in [0, 0.05) is 12.8 Å². The van der Waals surface area contributed by atoms with Crippen molar-refractivity contribution in [3.8, 4) is 0 Å². The molecule has 12 N–H and O–H groups in total. The Labute approximate surface area is 183 Å². The number of carbonyl (C=O) groups is 6. The molecule has 0 saturated heterocycles. The number of aliphatic hydroxyl groups excluding tert-OH is 2. The third-order valence-corrected chi connectivity index (χ3v) is 4.24. The second kappa shape index (κ2) is 13.9. The van der Waals surface area contributed by atoms with Crippen molar-refractivity contribution in [3.63, 3.8) is 0 Å². The van der Waals surface area contributed by atoms with Gasteiger partial charge in [0.1, 0.15) is 24.2 Å². The van der Waals surface area contributed by atoms with E-state index in [1.54, 1.807) is 0 Å². The zero-order valence-corrected chi connectivity index (χ0v) is 17.4. The first-order valence-electron chi connectivity index (χ1n) is 9.55. The van der Waals surface area contributed by atoms with Crippen LogP contribution in [0.4, 0.5) is 0 Å². The normalized spacial score (nSPS) is 15.4. The Morgan fingerprint density at radius 3 is 1.59 bits per heavy atom. The number of primary amides is 2. The highest BCUT2D eigenvalue weighted by Crippen LogP contribution is 2.02. The van der Waals surface area contributed by atoms with E-state index in [1.807, 2.05) is 0 Å². The van der Waals surface area contributed by atoms with E-state index in [2.05, 4.69) is 16.0 Å². The average molecular weight is 462 g/mol. The van der Waals surface area contributed by atoms with Crippen molar-refractivity contribution in [3.05, 3.63) is 0 Å². The highest BCUT2D eigenvalue weighted by molar-refractivity contribution is 5.94. The number of amides is 5. The highest BCUT2D eigenvalue weighted by atomic mass is 16.4. The molecule has 0 rings (SSSR count). The van der Waals surface area contributed by atoms with Crippen molar-refractivity contribution >= 4 is 35.5 Å². The molecule has 0 bridgehead atoms. The predicted molar refractivity (Wildman–Crippen MR) is 107 cm³/mol. The van der Waals surface area contributed by atoms with E-state index in [9.17, 15) is 39.0 Å². The molecular weight excluding hydrogens is 432 g/mol. The Morgan fingerprint density at radius 1 is 0.781 bits per heavy atom. The maximum Gasteiger partial charge on any atom is 0.326 e. The molecule has 0 fully saturated rings. The molecule has 5 unspecified atom stereocenters. The number of carbonyl (C=O) groups excluding carboxylic acids is 5. The number of hydrogen-bond acceptors (Lipinski definition) is 9. The van der Waals surface area contributed by atoms with Gasteiger partial charge in [0.25, 0.3) is 0 Å². The second-order valence-corrected chi connectivity index (χ2v) is 6.98. The summed E-state index contributed by atoms with van der Waals surface area (Å²) in [6, 6.07) is -5.95. The average Bonchev–Trinajstić information content (AvgIpc) is 2.70. The van der Waals surface area contributed by atoms with Gasteiger partial charge in [-0.25, -0.2) is 4.79 Å². The molecule has 0 spiro atoms. The Hall–Kier alpha value is -3.30. The summed E-state index contributed by atoms with van der Waals surface area (Å²) in [6.07, 6.45) is -2.52. The van der Waals surface area contributed by atoms with E-state index >= 15 is 0 Å². The lowest BCUT2D eigenvalue weighted by molar-refractivity contribution is -0.143. The largest absolute Gasteiger partial charge is 0.480 e. The van der Waals surface area contributed by atoms with Crippen molar-refractivity contribution in [1.29, 1.82) is 0 Å². The van der Waals surface area contributed by atoms with Crippen LogP contribution in [-0.2, 0) is 28.8 Å². The van der Waals surface area contributed by atoms with Crippen LogP contribution < -0.4 is 33.2 Å². The molecule has 32 heavy (non-hydrogen) atoms. The van der Waals surface area contributed by atoms with Gasteiger partial charge >= 0.3 is 5.97 Å². The van der Waals surface area contributed by atoms with Crippen LogP contribution in [0.15, 0.2) is 0 Å². The quantitative estimate of drug-likeness (QED) is 0.111. The van der Waals surface area contributed by atoms with Gasteiger partial charge in [-0.3, -0.25) is 24.0 Å². The summed E-state index contributed by atoms with van der Waals surface area (Å²) in [5.41, 5.74) is 15.5. The van der Waals surface area contributed by atoms with E-state index in [4.69, 9.17) is 22.3 Å². The molecule has 182 valence electrons. The number of hydrogen-bond donors (Lipinski definition) is 9. The smallest absolute Gasteiger partial charge is 0.326 e. The van der Waals surface area contributed by atoms with E-state index in [-0.39, 0.29) is 25.7 Å². The minimum Gasteiger partial charge on any atom is -0.480 e. The van der Waals surface area contributed by atoms with Gasteiger partial charge in [0.2, 0.25) is 29.5 Å². The Balaban J connectivity index is 5.30. The molecule has 0 heterocycles. The first-order valence-corrected chi connectivity index (χ1v) is 9.55. The standard InChI is InChI=1S/C17H30N6O9/c1-7(25)13(20)16(30)21-8(2-4-11(18)26)14(28)23-10(6-24)15(29)22-9(17(31)32)3-5-12(19)27/h7-10,13,24-25H,2-6,20H2,1H3,(H2,18,26)(H2,19,27)(H,21,30)(H,22,29)(H,23,28)(H,31,32). The van der Waals surface area contributed by atoms with Crippen molar-refractivity contribution in [2.45, 2.75) is 62.9 Å². The Kier molecular flexibility index (Phi) is 12.5. The van der Waals surface area contributed by atoms with Crippen LogP contribution >= 0.6 is 0 Å². The van der Waals surface area contributed by atoms with Crippen LogP contribution in [0, 0.1) is 0 Å². The first-order chi connectivity index (χ1) is 14.8. The molecule has 15 heteroatoms. The predicted octanol–water partition coefficient (Wildman–Crippen LogP) is -5.24. The van der Waals surface area contributed by atoms with Crippen LogP contribution in [0.1, 0.15) is 32.6 Å². The van der Waals surface area contributed by atoms with E-state index in [0.29, 0.717) is 0 Å². The second-order valence-electron chi connectivity index (χ2n) is 6.98. The summed E-state index contributed by atoms with van der Waals surface area (Å²) >= 11 is 0. The van der Waals surface area contributed by atoms with Crippen LogP contribution in [0.3, 0.4) is 0 Å². The number of nitrogens with one attached hydrogen (secondary N) is 3. The number of carboxylic acid groups (broad SMARTS) is 1. The molecule has 0 aliphatic carbocycles. The SMILES string of the molecule is CC(O)C(N)C(=O)NC(CCC(N)=O)C(=O)NC(CO)C(=O)NC(CCC(N)=O)C(=O)O. The van der Waals surface area contributed by atoms with Gasteiger partial charge in [-0.05, 0) is 19.8 Å².